The van der Waals surface area contributed by atoms with Crippen LogP contribution in [0.25, 0.3) is 0 Å². The third kappa shape index (κ3) is 5.31. The zero-order valence-electron chi connectivity index (χ0n) is 13.2. The molecule has 0 saturated carbocycles. The van der Waals surface area contributed by atoms with Crippen LogP contribution in [0.4, 0.5) is 8.78 Å². The quantitative estimate of drug-likeness (QED) is 0.818. The molecule has 0 bridgehead atoms. The topological polar surface area (TPSA) is 58.6 Å². The van der Waals surface area contributed by atoms with E-state index in [1.54, 1.807) is 19.1 Å². The smallest absolute Gasteiger partial charge is 0.227 e. The summed E-state index contributed by atoms with van der Waals surface area (Å²) in [4.78, 5) is 12.0. The molecular formula is C18H19F2NO3. The minimum atomic E-state index is -0.918. The van der Waals surface area contributed by atoms with Crippen molar-refractivity contribution in [2.45, 2.75) is 18.9 Å². The molecule has 2 N–H and O–H groups in total. The third-order valence-corrected chi connectivity index (χ3v) is 3.51. The standard InChI is InChI=1S/C18H19F2NO3/c1-12(13-3-2-4-15(20)9-13)18(23)21-10-16(22)11-24-17-7-5-14(19)6-8-17/h2-9,12,16,22H,10-11H2,1H3,(H,21,23). The molecule has 2 aromatic rings. The van der Waals surface area contributed by atoms with Crippen molar-refractivity contribution in [2.24, 2.45) is 0 Å². The Balaban J connectivity index is 1.77. The monoisotopic (exact) mass is 335 g/mol. The molecule has 0 saturated heterocycles. The summed E-state index contributed by atoms with van der Waals surface area (Å²) >= 11 is 0. The molecule has 0 heterocycles. The van der Waals surface area contributed by atoms with Crippen molar-refractivity contribution in [3.63, 3.8) is 0 Å². The highest BCUT2D eigenvalue weighted by molar-refractivity contribution is 5.83. The predicted molar refractivity (Wildman–Crippen MR) is 85.7 cm³/mol. The number of rotatable bonds is 7. The van der Waals surface area contributed by atoms with Gasteiger partial charge in [-0.3, -0.25) is 4.79 Å². The van der Waals surface area contributed by atoms with E-state index in [4.69, 9.17) is 4.74 Å². The molecule has 0 spiro atoms. The first-order valence-corrected chi connectivity index (χ1v) is 7.55. The Morgan fingerprint density at radius 2 is 1.88 bits per heavy atom. The molecule has 2 aromatic carbocycles. The molecule has 6 heteroatoms. The summed E-state index contributed by atoms with van der Waals surface area (Å²) in [5, 5.41) is 12.4. The van der Waals surface area contributed by atoms with Gasteiger partial charge in [-0.05, 0) is 48.9 Å². The fraction of sp³-hybridized carbons (Fsp3) is 0.278. The number of benzene rings is 2. The molecule has 128 valence electrons. The molecule has 0 aliphatic carbocycles. The summed E-state index contributed by atoms with van der Waals surface area (Å²) in [5.74, 6) is -1.20. The number of halogens is 2. The van der Waals surface area contributed by atoms with Gasteiger partial charge in [-0.1, -0.05) is 12.1 Å². The molecule has 2 unspecified atom stereocenters. The van der Waals surface area contributed by atoms with E-state index in [0.29, 0.717) is 11.3 Å². The van der Waals surface area contributed by atoms with E-state index in [2.05, 4.69) is 5.32 Å². The zero-order valence-corrected chi connectivity index (χ0v) is 13.2. The Morgan fingerprint density at radius 3 is 2.54 bits per heavy atom. The Morgan fingerprint density at radius 1 is 1.17 bits per heavy atom. The van der Waals surface area contributed by atoms with Gasteiger partial charge in [0.25, 0.3) is 0 Å². The maximum absolute atomic E-state index is 13.2. The van der Waals surface area contributed by atoms with Crippen LogP contribution in [-0.2, 0) is 4.79 Å². The third-order valence-electron chi connectivity index (χ3n) is 3.51. The molecule has 1 amide bonds. The average molecular weight is 335 g/mol. The van der Waals surface area contributed by atoms with Gasteiger partial charge in [0.2, 0.25) is 5.91 Å². The van der Waals surface area contributed by atoms with Crippen LogP contribution in [0.1, 0.15) is 18.4 Å². The minimum Gasteiger partial charge on any atom is -0.491 e. The predicted octanol–water partition coefficient (Wildman–Crippen LogP) is 2.62. The lowest BCUT2D eigenvalue weighted by Gasteiger charge is -2.16. The number of aliphatic hydroxyl groups excluding tert-OH is 1. The van der Waals surface area contributed by atoms with E-state index in [1.165, 1.54) is 36.4 Å². The van der Waals surface area contributed by atoms with Gasteiger partial charge in [0, 0.05) is 6.54 Å². The highest BCUT2D eigenvalue weighted by Gasteiger charge is 2.17. The maximum Gasteiger partial charge on any atom is 0.227 e. The van der Waals surface area contributed by atoms with E-state index in [1.807, 2.05) is 0 Å². The summed E-state index contributed by atoms with van der Waals surface area (Å²) in [6, 6.07) is 11.2. The molecule has 2 atom stereocenters. The summed E-state index contributed by atoms with van der Waals surface area (Å²) in [5.41, 5.74) is 0.560. The fourth-order valence-corrected chi connectivity index (χ4v) is 2.08. The Labute approximate surface area is 139 Å². The van der Waals surface area contributed by atoms with Gasteiger partial charge in [-0.25, -0.2) is 8.78 Å². The van der Waals surface area contributed by atoms with Crippen LogP contribution < -0.4 is 10.1 Å². The lowest BCUT2D eigenvalue weighted by molar-refractivity contribution is -0.122. The number of amides is 1. The number of carbonyl (C=O) groups excluding carboxylic acids is 1. The van der Waals surface area contributed by atoms with Gasteiger partial charge >= 0.3 is 0 Å². The number of hydrogen-bond donors (Lipinski definition) is 2. The van der Waals surface area contributed by atoms with Crippen molar-refractivity contribution in [3.05, 3.63) is 65.7 Å². The minimum absolute atomic E-state index is 0.000314. The average Bonchev–Trinajstić information content (AvgIpc) is 2.58. The lowest BCUT2D eigenvalue weighted by Crippen LogP contribution is -2.37. The van der Waals surface area contributed by atoms with Crippen LogP contribution in [0.3, 0.4) is 0 Å². The van der Waals surface area contributed by atoms with Crippen molar-refractivity contribution in [1.29, 1.82) is 0 Å². The highest BCUT2D eigenvalue weighted by Crippen LogP contribution is 2.16. The zero-order chi connectivity index (χ0) is 17.5. The molecule has 0 fully saturated rings. The van der Waals surface area contributed by atoms with Gasteiger partial charge in [-0.2, -0.15) is 0 Å². The molecule has 4 nitrogen and oxygen atoms in total. The molecule has 2 rings (SSSR count). The highest BCUT2D eigenvalue weighted by atomic mass is 19.1. The van der Waals surface area contributed by atoms with Crippen molar-refractivity contribution in [1.82, 2.24) is 5.32 Å². The fourth-order valence-electron chi connectivity index (χ4n) is 2.08. The number of aliphatic hydroxyl groups is 1. The van der Waals surface area contributed by atoms with E-state index in [0.717, 1.165) is 0 Å². The summed E-state index contributed by atoms with van der Waals surface area (Å²) in [6.45, 7) is 1.62. The number of carbonyl (C=O) groups is 1. The van der Waals surface area contributed by atoms with E-state index < -0.39 is 17.8 Å². The van der Waals surface area contributed by atoms with Crippen LogP contribution in [0, 0.1) is 11.6 Å². The van der Waals surface area contributed by atoms with Crippen LogP contribution in [-0.4, -0.2) is 30.3 Å². The summed E-state index contributed by atoms with van der Waals surface area (Å²) in [7, 11) is 0. The first-order chi connectivity index (χ1) is 11.5. The van der Waals surface area contributed by atoms with E-state index in [-0.39, 0.29) is 24.9 Å². The van der Waals surface area contributed by atoms with E-state index in [9.17, 15) is 18.7 Å². The maximum atomic E-state index is 13.2. The SMILES string of the molecule is CC(C(=O)NCC(O)COc1ccc(F)cc1)c1cccc(F)c1. The van der Waals surface area contributed by atoms with Crippen LogP contribution >= 0.6 is 0 Å². The van der Waals surface area contributed by atoms with Gasteiger partial charge in [0.1, 0.15) is 30.1 Å². The number of nitrogens with one attached hydrogen (secondary N) is 1. The number of hydrogen-bond acceptors (Lipinski definition) is 3. The molecular weight excluding hydrogens is 316 g/mol. The van der Waals surface area contributed by atoms with Gasteiger partial charge in [0.05, 0.1) is 5.92 Å². The Hall–Kier alpha value is -2.47. The lowest BCUT2D eigenvalue weighted by atomic mass is 10.0. The Bertz CT molecular complexity index is 676. The normalized spacial score (nSPS) is 13.2. The van der Waals surface area contributed by atoms with Crippen molar-refractivity contribution >= 4 is 5.91 Å². The largest absolute Gasteiger partial charge is 0.491 e. The van der Waals surface area contributed by atoms with Crippen LogP contribution in [0.2, 0.25) is 0 Å². The van der Waals surface area contributed by atoms with Gasteiger partial charge in [0.15, 0.2) is 0 Å². The summed E-state index contributed by atoms with van der Waals surface area (Å²) < 4.78 is 31.2. The number of ether oxygens (including phenoxy) is 1. The molecule has 0 aliphatic heterocycles. The Kier molecular flexibility index (Phi) is 6.26. The van der Waals surface area contributed by atoms with Crippen LogP contribution in [0.5, 0.6) is 5.75 Å². The molecule has 0 aliphatic rings. The molecule has 0 radical (unpaired) electrons. The summed E-state index contributed by atoms with van der Waals surface area (Å²) in [6.07, 6.45) is -0.918. The van der Waals surface area contributed by atoms with Gasteiger partial charge < -0.3 is 15.2 Å². The second kappa shape index (κ2) is 8.40. The first kappa shape index (κ1) is 17.9. The van der Waals surface area contributed by atoms with E-state index >= 15 is 0 Å². The second-order valence-electron chi connectivity index (χ2n) is 5.44. The molecule has 0 aromatic heterocycles. The van der Waals surface area contributed by atoms with Gasteiger partial charge in [-0.15, -0.1) is 0 Å². The van der Waals surface area contributed by atoms with Crippen molar-refractivity contribution in [2.75, 3.05) is 13.2 Å². The first-order valence-electron chi connectivity index (χ1n) is 7.55. The molecule has 24 heavy (non-hydrogen) atoms. The van der Waals surface area contributed by atoms with Crippen molar-refractivity contribution < 1.29 is 23.4 Å². The second-order valence-corrected chi connectivity index (χ2v) is 5.44. The van der Waals surface area contributed by atoms with Crippen LogP contribution in [0.15, 0.2) is 48.5 Å². The van der Waals surface area contributed by atoms with Crippen molar-refractivity contribution in [3.8, 4) is 5.75 Å².